The molecular weight excluding hydrogens is 306 g/mol. The van der Waals surface area contributed by atoms with Crippen LogP contribution in [0.15, 0.2) is 23.8 Å². The summed E-state index contributed by atoms with van der Waals surface area (Å²) < 4.78 is 0. The highest BCUT2D eigenvalue weighted by Gasteiger charge is 2.35. The summed E-state index contributed by atoms with van der Waals surface area (Å²) in [6.45, 7) is 5.63. The SMILES string of the molecule is CC1=CC=CC(NC(=O)c2nc3c(s2)CNCC3)C1(C)Cl. The summed E-state index contributed by atoms with van der Waals surface area (Å²) in [5, 5.41) is 6.81. The average molecular weight is 324 g/mol. The van der Waals surface area contributed by atoms with E-state index in [1.807, 2.05) is 32.1 Å². The van der Waals surface area contributed by atoms with E-state index in [0.29, 0.717) is 5.01 Å². The zero-order chi connectivity index (χ0) is 15.0. The predicted octanol–water partition coefficient (Wildman–Crippen LogP) is 2.40. The van der Waals surface area contributed by atoms with Crippen LogP contribution in [0.5, 0.6) is 0 Å². The monoisotopic (exact) mass is 323 g/mol. The van der Waals surface area contributed by atoms with Crippen LogP contribution in [0.1, 0.15) is 34.2 Å². The average Bonchev–Trinajstić information content (AvgIpc) is 2.88. The van der Waals surface area contributed by atoms with Crippen molar-refractivity contribution in [3.8, 4) is 0 Å². The molecule has 6 heteroatoms. The minimum absolute atomic E-state index is 0.148. The van der Waals surface area contributed by atoms with Gasteiger partial charge < -0.3 is 10.6 Å². The predicted molar refractivity (Wildman–Crippen MR) is 85.9 cm³/mol. The molecule has 0 fully saturated rings. The van der Waals surface area contributed by atoms with Crippen LogP contribution in [0.3, 0.4) is 0 Å². The number of halogens is 1. The molecule has 4 nitrogen and oxygen atoms in total. The van der Waals surface area contributed by atoms with Gasteiger partial charge in [0.25, 0.3) is 5.91 Å². The molecule has 112 valence electrons. The fourth-order valence-corrected chi connectivity index (χ4v) is 3.68. The number of aromatic nitrogens is 1. The van der Waals surface area contributed by atoms with E-state index >= 15 is 0 Å². The number of fused-ring (bicyclic) bond motifs is 1. The highest BCUT2D eigenvalue weighted by atomic mass is 35.5. The highest BCUT2D eigenvalue weighted by Crippen LogP contribution is 2.32. The lowest BCUT2D eigenvalue weighted by Crippen LogP contribution is -2.48. The number of carbonyl (C=O) groups is 1. The normalized spacial score (nSPS) is 28.0. The van der Waals surface area contributed by atoms with Crippen LogP contribution in [0.4, 0.5) is 0 Å². The van der Waals surface area contributed by atoms with E-state index < -0.39 is 4.87 Å². The smallest absolute Gasteiger partial charge is 0.280 e. The maximum Gasteiger partial charge on any atom is 0.280 e. The van der Waals surface area contributed by atoms with Gasteiger partial charge >= 0.3 is 0 Å². The van der Waals surface area contributed by atoms with Crippen molar-refractivity contribution in [2.75, 3.05) is 6.54 Å². The molecule has 2 N–H and O–H groups in total. The van der Waals surface area contributed by atoms with E-state index in [9.17, 15) is 4.79 Å². The Kier molecular flexibility index (Phi) is 3.90. The van der Waals surface area contributed by atoms with Gasteiger partial charge in [0.15, 0.2) is 5.01 Å². The zero-order valence-electron chi connectivity index (χ0n) is 12.1. The van der Waals surface area contributed by atoms with Crippen LogP contribution in [-0.4, -0.2) is 28.4 Å². The van der Waals surface area contributed by atoms with Gasteiger partial charge in [-0.25, -0.2) is 4.98 Å². The Labute approximate surface area is 133 Å². The Morgan fingerprint density at radius 2 is 2.43 bits per heavy atom. The summed E-state index contributed by atoms with van der Waals surface area (Å²) >= 11 is 8.03. The molecule has 1 aliphatic heterocycles. The summed E-state index contributed by atoms with van der Waals surface area (Å²) in [7, 11) is 0. The molecule has 0 spiro atoms. The molecule has 3 rings (SSSR count). The van der Waals surface area contributed by atoms with Crippen molar-refractivity contribution in [3.05, 3.63) is 39.4 Å². The van der Waals surface area contributed by atoms with Crippen LogP contribution < -0.4 is 10.6 Å². The molecule has 1 aliphatic carbocycles. The van der Waals surface area contributed by atoms with Gasteiger partial charge in [0.1, 0.15) is 0 Å². The fraction of sp³-hybridized carbons (Fsp3) is 0.467. The van der Waals surface area contributed by atoms with E-state index in [-0.39, 0.29) is 11.9 Å². The number of nitrogens with one attached hydrogen (secondary N) is 2. The molecular formula is C15H18ClN3OS. The summed E-state index contributed by atoms with van der Waals surface area (Å²) in [6.07, 6.45) is 6.72. The third-order valence-electron chi connectivity index (χ3n) is 4.09. The van der Waals surface area contributed by atoms with Crippen molar-refractivity contribution in [2.45, 2.75) is 37.7 Å². The minimum atomic E-state index is -0.594. The van der Waals surface area contributed by atoms with Crippen molar-refractivity contribution in [2.24, 2.45) is 0 Å². The Hall–Kier alpha value is -1.17. The van der Waals surface area contributed by atoms with Crippen LogP contribution in [0.25, 0.3) is 0 Å². The molecule has 0 bridgehead atoms. The molecule has 2 unspecified atom stereocenters. The van der Waals surface area contributed by atoms with Crippen LogP contribution >= 0.6 is 22.9 Å². The number of thiazole rings is 1. The molecule has 0 radical (unpaired) electrons. The van der Waals surface area contributed by atoms with Crippen molar-refractivity contribution in [1.82, 2.24) is 15.6 Å². The van der Waals surface area contributed by atoms with Gasteiger partial charge in [0, 0.05) is 24.4 Å². The van der Waals surface area contributed by atoms with Crippen molar-refractivity contribution >= 4 is 28.8 Å². The molecule has 0 aromatic carbocycles. The largest absolute Gasteiger partial charge is 0.342 e. The standard InChI is InChI=1S/C15H18ClN3OS/c1-9-4-3-5-12(15(9,2)16)19-13(20)14-18-10-6-7-17-8-11(10)21-14/h3-5,12,17H,6-8H2,1-2H3,(H,19,20). The highest BCUT2D eigenvalue weighted by molar-refractivity contribution is 7.13. The number of nitrogens with zero attached hydrogens (tertiary/aromatic N) is 1. The van der Waals surface area contributed by atoms with Crippen molar-refractivity contribution in [1.29, 1.82) is 0 Å². The Morgan fingerprint density at radius 3 is 3.19 bits per heavy atom. The van der Waals surface area contributed by atoms with Crippen LogP contribution in [0.2, 0.25) is 0 Å². The quantitative estimate of drug-likeness (QED) is 0.822. The third-order valence-corrected chi connectivity index (χ3v) is 5.72. The number of amides is 1. The molecule has 2 heterocycles. The summed E-state index contributed by atoms with van der Waals surface area (Å²) in [5.74, 6) is -0.148. The zero-order valence-corrected chi connectivity index (χ0v) is 13.6. The fourth-order valence-electron chi connectivity index (χ4n) is 2.51. The van der Waals surface area contributed by atoms with E-state index in [1.165, 1.54) is 11.3 Å². The second-order valence-corrected chi connectivity index (χ2v) is 7.45. The van der Waals surface area contributed by atoms with Crippen LogP contribution in [-0.2, 0) is 13.0 Å². The summed E-state index contributed by atoms with van der Waals surface area (Å²) in [4.78, 5) is 17.5. The molecule has 1 amide bonds. The Bertz CT molecular complexity index is 609. The molecule has 2 atom stereocenters. The minimum Gasteiger partial charge on any atom is -0.342 e. The van der Waals surface area contributed by atoms with Gasteiger partial charge in [-0.2, -0.15) is 0 Å². The first-order valence-electron chi connectivity index (χ1n) is 7.03. The first-order chi connectivity index (χ1) is 9.98. The summed E-state index contributed by atoms with van der Waals surface area (Å²) in [6, 6.07) is -0.226. The molecule has 2 aliphatic rings. The van der Waals surface area contributed by atoms with Gasteiger partial charge in [-0.05, 0) is 13.8 Å². The first-order valence-corrected chi connectivity index (χ1v) is 8.22. The lowest BCUT2D eigenvalue weighted by atomic mass is 9.89. The number of hydrogen-bond donors (Lipinski definition) is 2. The number of rotatable bonds is 2. The number of hydrogen-bond acceptors (Lipinski definition) is 4. The number of carbonyl (C=O) groups excluding carboxylic acids is 1. The lowest BCUT2D eigenvalue weighted by Gasteiger charge is -2.33. The van der Waals surface area contributed by atoms with Crippen LogP contribution in [0, 0.1) is 0 Å². The van der Waals surface area contributed by atoms with Gasteiger partial charge in [-0.3, -0.25) is 4.79 Å². The second kappa shape index (κ2) is 5.55. The van der Waals surface area contributed by atoms with E-state index in [0.717, 1.165) is 35.7 Å². The van der Waals surface area contributed by atoms with Gasteiger partial charge in [-0.1, -0.05) is 23.8 Å². The number of allylic oxidation sites excluding steroid dienone is 2. The summed E-state index contributed by atoms with van der Waals surface area (Å²) in [5.41, 5.74) is 2.09. The second-order valence-electron chi connectivity index (χ2n) is 5.58. The molecule has 1 aromatic heterocycles. The molecule has 1 aromatic rings. The van der Waals surface area contributed by atoms with E-state index in [4.69, 9.17) is 11.6 Å². The maximum absolute atomic E-state index is 12.4. The topological polar surface area (TPSA) is 54.0 Å². The molecule has 21 heavy (non-hydrogen) atoms. The third kappa shape index (κ3) is 2.78. The molecule has 0 saturated heterocycles. The maximum atomic E-state index is 12.4. The van der Waals surface area contributed by atoms with Crippen molar-refractivity contribution < 1.29 is 4.79 Å². The Morgan fingerprint density at radius 1 is 1.62 bits per heavy atom. The van der Waals surface area contributed by atoms with Gasteiger partial charge in [0.05, 0.1) is 16.6 Å². The Balaban J connectivity index is 1.76. The van der Waals surface area contributed by atoms with Crippen molar-refractivity contribution in [3.63, 3.8) is 0 Å². The van der Waals surface area contributed by atoms with Gasteiger partial charge in [0.2, 0.25) is 0 Å². The molecule has 0 saturated carbocycles. The number of alkyl halides is 1. The van der Waals surface area contributed by atoms with E-state index in [2.05, 4.69) is 15.6 Å². The lowest BCUT2D eigenvalue weighted by molar-refractivity contribution is 0.0939. The van der Waals surface area contributed by atoms with Gasteiger partial charge in [-0.15, -0.1) is 22.9 Å². The van der Waals surface area contributed by atoms with E-state index in [1.54, 1.807) is 0 Å². The first kappa shape index (κ1) is 14.8.